The van der Waals surface area contributed by atoms with E-state index in [0.29, 0.717) is 0 Å². The molecular weight excluding hydrogens is 264 g/mol. The van der Waals surface area contributed by atoms with E-state index in [2.05, 4.69) is 25.6 Å². The number of thiol groups is 1. The predicted octanol–water partition coefficient (Wildman–Crippen LogP) is 4.77. The molecule has 1 aromatic carbocycles. The number of ether oxygens (including phenoxy) is 1. The third kappa shape index (κ3) is 3.16. The summed E-state index contributed by atoms with van der Waals surface area (Å²) in [4.78, 5) is 0. The Kier molecular flexibility index (Phi) is 4.85. The van der Waals surface area contributed by atoms with Crippen LogP contribution in [0.2, 0.25) is 5.02 Å². The van der Waals surface area contributed by atoms with E-state index in [1.54, 1.807) is 0 Å². The van der Waals surface area contributed by atoms with Gasteiger partial charge in [0.05, 0.1) is 6.61 Å². The van der Waals surface area contributed by atoms with E-state index in [-0.39, 0.29) is 5.41 Å². The van der Waals surface area contributed by atoms with Crippen LogP contribution < -0.4 is 4.74 Å². The van der Waals surface area contributed by atoms with Gasteiger partial charge >= 0.3 is 0 Å². The van der Waals surface area contributed by atoms with Crippen LogP contribution in [-0.2, 0) is 6.42 Å². The molecule has 1 aromatic rings. The Morgan fingerprint density at radius 2 is 2.06 bits per heavy atom. The second-order valence-corrected chi connectivity index (χ2v) is 5.98. The lowest BCUT2D eigenvalue weighted by Gasteiger charge is -2.26. The lowest BCUT2D eigenvalue weighted by molar-refractivity contribution is 0.173. The Morgan fingerprint density at radius 3 is 2.67 bits per heavy atom. The van der Waals surface area contributed by atoms with E-state index in [4.69, 9.17) is 16.3 Å². The van der Waals surface area contributed by atoms with Gasteiger partial charge in [0, 0.05) is 10.4 Å². The van der Waals surface area contributed by atoms with Gasteiger partial charge in [-0.05, 0) is 48.8 Å². The lowest BCUT2D eigenvalue weighted by Crippen LogP contribution is -2.27. The van der Waals surface area contributed by atoms with Crippen LogP contribution in [0.15, 0.2) is 18.2 Å². The number of benzene rings is 1. The second kappa shape index (κ2) is 6.21. The molecule has 0 atom stereocenters. The number of hydrogen-bond donors (Lipinski definition) is 1. The standard InChI is InChI=1S/C15H21ClOS/c1-2-12-9-13(5-6-14(12)16)17-10-15(11-18)7-3-4-8-15/h5-6,9,18H,2-4,7-8,10-11H2,1H3. The minimum absolute atomic E-state index is 0.287. The van der Waals surface area contributed by atoms with Gasteiger partial charge in [0.1, 0.15) is 5.75 Å². The summed E-state index contributed by atoms with van der Waals surface area (Å²) >= 11 is 10.6. The molecule has 1 saturated carbocycles. The first-order chi connectivity index (χ1) is 8.69. The molecule has 0 radical (unpaired) electrons. The molecule has 0 aliphatic heterocycles. The van der Waals surface area contributed by atoms with Crippen molar-refractivity contribution in [1.29, 1.82) is 0 Å². The summed E-state index contributed by atoms with van der Waals surface area (Å²) in [5, 5.41) is 0.828. The Morgan fingerprint density at radius 1 is 1.33 bits per heavy atom. The summed E-state index contributed by atoms with van der Waals surface area (Å²) in [5.41, 5.74) is 1.44. The maximum absolute atomic E-state index is 6.11. The molecule has 0 amide bonds. The Bertz CT molecular complexity index is 399. The SMILES string of the molecule is CCc1cc(OCC2(CS)CCCC2)ccc1Cl. The van der Waals surface area contributed by atoms with Crippen molar-refractivity contribution in [3.05, 3.63) is 28.8 Å². The number of aryl methyl sites for hydroxylation is 1. The van der Waals surface area contributed by atoms with E-state index in [0.717, 1.165) is 35.1 Å². The van der Waals surface area contributed by atoms with Crippen molar-refractivity contribution in [2.24, 2.45) is 5.41 Å². The molecule has 0 aromatic heterocycles. The van der Waals surface area contributed by atoms with Crippen LogP contribution in [0.3, 0.4) is 0 Å². The summed E-state index contributed by atoms with van der Waals surface area (Å²) in [6, 6.07) is 5.95. The lowest BCUT2D eigenvalue weighted by atomic mass is 9.90. The molecule has 18 heavy (non-hydrogen) atoms. The van der Waals surface area contributed by atoms with Crippen molar-refractivity contribution < 1.29 is 4.74 Å². The fourth-order valence-electron chi connectivity index (χ4n) is 2.62. The van der Waals surface area contributed by atoms with E-state index < -0.39 is 0 Å². The van der Waals surface area contributed by atoms with Crippen molar-refractivity contribution in [1.82, 2.24) is 0 Å². The molecule has 1 nitrogen and oxygen atoms in total. The maximum atomic E-state index is 6.11. The van der Waals surface area contributed by atoms with Gasteiger partial charge in [-0.3, -0.25) is 0 Å². The molecule has 1 aliphatic carbocycles. The summed E-state index contributed by atoms with van der Waals surface area (Å²) in [7, 11) is 0. The Balaban J connectivity index is 2.01. The molecule has 0 spiro atoms. The molecule has 3 heteroatoms. The van der Waals surface area contributed by atoms with Gasteiger partial charge in [-0.2, -0.15) is 12.6 Å². The van der Waals surface area contributed by atoms with Crippen LogP contribution in [0.1, 0.15) is 38.2 Å². The Hall–Kier alpha value is -0.340. The van der Waals surface area contributed by atoms with Crippen LogP contribution in [0.4, 0.5) is 0 Å². The van der Waals surface area contributed by atoms with E-state index in [1.165, 1.54) is 25.7 Å². The summed E-state index contributed by atoms with van der Waals surface area (Å²) in [6.45, 7) is 2.89. The first-order valence-corrected chi connectivity index (χ1v) is 7.72. The van der Waals surface area contributed by atoms with Gasteiger partial charge in [-0.25, -0.2) is 0 Å². The molecule has 0 unspecified atom stereocenters. The van der Waals surface area contributed by atoms with E-state index in [9.17, 15) is 0 Å². The molecular formula is C15H21ClOS. The van der Waals surface area contributed by atoms with Crippen LogP contribution in [0, 0.1) is 5.41 Å². The smallest absolute Gasteiger partial charge is 0.119 e. The maximum Gasteiger partial charge on any atom is 0.119 e. The van der Waals surface area contributed by atoms with Gasteiger partial charge in [-0.1, -0.05) is 31.4 Å². The highest BCUT2D eigenvalue weighted by molar-refractivity contribution is 7.80. The van der Waals surface area contributed by atoms with Crippen molar-refractivity contribution in [3.8, 4) is 5.75 Å². The summed E-state index contributed by atoms with van der Waals surface area (Å²) in [6.07, 6.45) is 6.04. The topological polar surface area (TPSA) is 9.23 Å². The van der Waals surface area contributed by atoms with Gasteiger partial charge in [-0.15, -0.1) is 0 Å². The highest BCUT2D eigenvalue weighted by Crippen LogP contribution is 2.39. The van der Waals surface area contributed by atoms with Crippen LogP contribution >= 0.6 is 24.2 Å². The number of rotatable bonds is 5. The van der Waals surface area contributed by atoms with Gasteiger partial charge < -0.3 is 4.74 Å². The average molecular weight is 285 g/mol. The molecule has 1 aliphatic rings. The minimum Gasteiger partial charge on any atom is -0.493 e. The zero-order valence-corrected chi connectivity index (χ0v) is 12.6. The fourth-order valence-corrected chi connectivity index (χ4v) is 3.28. The second-order valence-electron chi connectivity index (χ2n) is 5.26. The highest BCUT2D eigenvalue weighted by Gasteiger charge is 2.33. The van der Waals surface area contributed by atoms with Crippen LogP contribution in [-0.4, -0.2) is 12.4 Å². The van der Waals surface area contributed by atoms with E-state index in [1.807, 2.05) is 12.1 Å². The normalized spacial score (nSPS) is 17.9. The third-order valence-corrected chi connectivity index (χ3v) is 4.98. The molecule has 1 fully saturated rings. The molecule has 100 valence electrons. The highest BCUT2D eigenvalue weighted by atomic mass is 35.5. The molecule has 0 heterocycles. The number of hydrogen-bond acceptors (Lipinski definition) is 2. The summed E-state index contributed by atoms with van der Waals surface area (Å²) in [5.74, 6) is 1.85. The molecule has 2 rings (SSSR count). The largest absolute Gasteiger partial charge is 0.493 e. The van der Waals surface area contributed by atoms with Crippen LogP contribution in [0.5, 0.6) is 5.75 Å². The molecule has 0 bridgehead atoms. The van der Waals surface area contributed by atoms with Crippen molar-refractivity contribution >= 4 is 24.2 Å². The van der Waals surface area contributed by atoms with Gasteiger partial charge in [0.15, 0.2) is 0 Å². The van der Waals surface area contributed by atoms with Crippen molar-refractivity contribution in [3.63, 3.8) is 0 Å². The quantitative estimate of drug-likeness (QED) is 0.766. The van der Waals surface area contributed by atoms with E-state index >= 15 is 0 Å². The predicted molar refractivity (Wildman–Crippen MR) is 81.1 cm³/mol. The molecule has 0 saturated heterocycles. The third-order valence-electron chi connectivity index (χ3n) is 3.94. The van der Waals surface area contributed by atoms with Crippen molar-refractivity contribution in [2.75, 3.05) is 12.4 Å². The molecule has 0 N–H and O–H groups in total. The Labute approximate surface area is 120 Å². The zero-order valence-electron chi connectivity index (χ0n) is 10.9. The monoisotopic (exact) mass is 284 g/mol. The van der Waals surface area contributed by atoms with Crippen LogP contribution in [0.25, 0.3) is 0 Å². The average Bonchev–Trinajstić information content (AvgIpc) is 2.87. The summed E-state index contributed by atoms with van der Waals surface area (Å²) < 4.78 is 5.97. The van der Waals surface area contributed by atoms with Crippen molar-refractivity contribution in [2.45, 2.75) is 39.0 Å². The zero-order chi connectivity index (χ0) is 13.0. The van der Waals surface area contributed by atoms with Gasteiger partial charge in [0.25, 0.3) is 0 Å². The van der Waals surface area contributed by atoms with Gasteiger partial charge in [0.2, 0.25) is 0 Å². The first-order valence-electron chi connectivity index (χ1n) is 6.71. The minimum atomic E-state index is 0.287. The fraction of sp³-hybridized carbons (Fsp3) is 0.600. The first kappa shape index (κ1) is 14.1. The number of halogens is 1.